The average Bonchev–Trinajstić information content (AvgIpc) is 3.14. The fraction of sp³-hybridized carbons (Fsp3) is 0.389. The van der Waals surface area contributed by atoms with Crippen LogP contribution >= 0.6 is 11.6 Å². The second-order valence-electron chi connectivity index (χ2n) is 6.14. The third kappa shape index (κ3) is 3.48. The van der Waals surface area contributed by atoms with Crippen LogP contribution in [0.25, 0.3) is 11.3 Å². The van der Waals surface area contributed by atoms with Crippen molar-refractivity contribution in [2.24, 2.45) is 0 Å². The molecule has 2 aromatic rings. The van der Waals surface area contributed by atoms with Gasteiger partial charge in [0.2, 0.25) is 0 Å². The van der Waals surface area contributed by atoms with Gasteiger partial charge >= 0.3 is 0 Å². The highest BCUT2D eigenvalue weighted by Crippen LogP contribution is 2.29. The van der Waals surface area contributed by atoms with E-state index >= 15 is 0 Å². The molecule has 3 rings (SSSR count). The van der Waals surface area contributed by atoms with Crippen molar-refractivity contribution in [3.05, 3.63) is 47.2 Å². The van der Waals surface area contributed by atoms with E-state index in [0.717, 1.165) is 5.56 Å². The summed E-state index contributed by atoms with van der Waals surface area (Å²) in [4.78, 5) is 14.1. The predicted molar refractivity (Wildman–Crippen MR) is 91.1 cm³/mol. The topological polar surface area (TPSA) is 62.9 Å². The largest absolute Gasteiger partial charge is 0.451 e. The molecule has 1 saturated heterocycles. The number of nitrogens with zero attached hydrogens (tertiary/aromatic N) is 1. The minimum absolute atomic E-state index is 0.00450. The third-order valence-electron chi connectivity index (χ3n) is 3.93. The van der Waals surface area contributed by atoms with Crippen LogP contribution in [0.4, 0.5) is 0 Å². The Hall–Kier alpha value is -1.82. The van der Waals surface area contributed by atoms with E-state index in [9.17, 15) is 9.90 Å². The number of aliphatic hydroxyl groups is 1. The highest BCUT2D eigenvalue weighted by atomic mass is 35.5. The molecule has 1 aromatic carbocycles. The molecule has 1 amide bonds. The van der Waals surface area contributed by atoms with Crippen molar-refractivity contribution < 1.29 is 19.1 Å². The van der Waals surface area contributed by atoms with Gasteiger partial charge in [-0.1, -0.05) is 23.7 Å². The SMILES string of the molecule is CC(C)O[C@@H]1CN(C(=O)c2ccc(-c3ccccc3Cl)o2)C[C@H]1O. The summed E-state index contributed by atoms with van der Waals surface area (Å²) in [5.74, 6) is 0.503. The first-order valence-electron chi connectivity index (χ1n) is 7.93. The Morgan fingerprint density at radius 3 is 2.75 bits per heavy atom. The van der Waals surface area contributed by atoms with E-state index in [0.29, 0.717) is 17.3 Å². The lowest BCUT2D eigenvalue weighted by Crippen LogP contribution is -2.30. The Labute approximate surface area is 145 Å². The minimum Gasteiger partial charge on any atom is -0.451 e. The van der Waals surface area contributed by atoms with Gasteiger partial charge in [-0.15, -0.1) is 0 Å². The van der Waals surface area contributed by atoms with Gasteiger partial charge in [-0.05, 0) is 38.1 Å². The quantitative estimate of drug-likeness (QED) is 0.920. The Morgan fingerprint density at radius 1 is 1.29 bits per heavy atom. The van der Waals surface area contributed by atoms with E-state index in [4.69, 9.17) is 20.8 Å². The van der Waals surface area contributed by atoms with E-state index in [-0.39, 0.29) is 30.4 Å². The van der Waals surface area contributed by atoms with Crippen molar-refractivity contribution in [2.45, 2.75) is 32.2 Å². The number of amides is 1. The Balaban J connectivity index is 1.74. The standard InChI is InChI=1S/C18H20ClNO4/c1-11(2)23-17-10-20(9-14(17)21)18(22)16-8-7-15(24-16)12-5-3-4-6-13(12)19/h3-8,11,14,17,21H,9-10H2,1-2H3/t14-,17-/m1/s1. The molecule has 24 heavy (non-hydrogen) atoms. The molecule has 128 valence electrons. The van der Waals surface area contributed by atoms with Crippen LogP contribution in [0, 0.1) is 0 Å². The molecule has 1 aliphatic heterocycles. The van der Waals surface area contributed by atoms with Gasteiger partial charge in [-0.25, -0.2) is 0 Å². The molecule has 5 nitrogen and oxygen atoms in total. The number of carbonyl (C=O) groups excluding carboxylic acids is 1. The van der Waals surface area contributed by atoms with Gasteiger partial charge in [0.05, 0.1) is 23.8 Å². The third-order valence-corrected chi connectivity index (χ3v) is 4.26. The van der Waals surface area contributed by atoms with Crippen LogP contribution in [-0.2, 0) is 4.74 Å². The maximum absolute atomic E-state index is 12.6. The summed E-state index contributed by atoms with van der Waals surface area (Å²) in [7, 11) is 0. The van der Waals surface area contributed by atoms with Crippen LogP contribution in [0.1, 0.15) is 24.4 Å². The number of hydrogen-bond acceptors (Lipinski definition) is 4. The van der Waals surface area contributed by atoms with Gasteiger partial charge < -0.3 is 19.2 Å². The molecule has 0 spiro atoms. The predicted octanol–water partition coefficient (Wildman–Crippen LogP) is 3.21. The maximum Gasteiger partial charge on any atom is 0.289 e. The Kier molecular flexibility index (Phi) is 4.94. The van der Waals surface area contributed by atoms with Gasteiger partial charge in [0, 0.05) is 12.1 Å². The Bertz CT molecular complexity index is 727. The highest BCUT2D eigenvalue weighted by Gasteiger charge is 2.36. The lowest BCUT2D eigenvalue weighted by molar-refractivity contribution is -0.0394. The molecule has 6 heteroatoms. The van der Waals surface area contributed by atoms with Crippen molar-refractivity contribution in [1.82, 2.24) is 4.90 Å². The van der Waals surface area contributed by atoms with Crippen LogP contribution in [0.15, 0.2) is 40.8 Å². The molecular formula is C18H20ClNO4. The number of furan rings is 1. The van der Waals surface area contributed by atoms with E-state index in [2.05, 4.69) is 0 Å². The van der Waals surface area contributed by atoms with Crippen molar-refractivity contribution in [3.63, 3.8) is 0 Å². The number of benzene rings is 1. The first-order valence-corrected chi connectivity index (χ1v) is 8.31. The van der Waals surface area contributed by atoms with Crippen LogP contribution in [0.5, 0.6) is 0 Å². The molecular weight excluding hydrogens is 330 g/mol. The van der Waals surface area contributed by atoms with Gasteiger partial charge in [0.25, 0.3) is 5.91 Å². The molecule has 0 saturated carbocycles. The molecule has 0 radical (unpaired) electrons. The van der Waals surface area contributed by atoms with E-state index < -0.39 is 6.10 Å². The minimum atomic E-state index is -0.686. The first-order chi connectivity index (χ1) is 11.5. The summed E-state index contributed by atoms with van der Waals surface area (Å²) in [5, 5.41) is 10.6. The molecule has 1 N–H and O–H groups in total. The second-order valence-corrected chi connectivity index (χ2v) is 6.55. The van der Waals surface area contributed by atoms with Gasteiger partial charge in [0.1, 0.15) is 11.9 Å². The van der Waals surface area contributed by atoms with Gasteiger partial charge in [0.15, 0.2) is 5.76 Å². The van der Waals surface area contributed by atoms with E-state index in [1.165, 1.54) is 0 Å². The van der Waals surface area contributed by atoms with Gasteiger partial charge in [-0.3, -0.25) is 4.79 Å². The van der Waals surface area contributed by atoms with E-state index in [1.807, 2.05) is 32.0 Å². The summed E-state index contributed by atoms with van der Waals surface area (Å²) in [6, 6.07) is 10.7. The molecule has 0 aliphatic carbocycles. The fourth-order valence-corrected chi connectivity index (χ4v) is 3.05. The summed E-state index contributed by atoms with van der Waals surface area (Å²) in [5.41, 5.74) is 0.737. The number of β-amino-alcohol motifs (C(OH)–C–C–N with tert-alkyl or cyclic N) is 1. The van der Waals surface area contributed by atoms with Crippen LogP contribution in [-0.4, -0.2) is 47.3 Å². The smallest absolute Gasteiger partial charge is 0.289 e. The molecule has 2 heterocycles. The van der Waals surface area contributed by atoms with E-state index in [1.54, 1.807) is 23.1 Å². The number of aliphatic hydroxyl groups excluding tert-OH is 1. The second kappa shape index (κ2) is 6.97. The number of rotatable bonds is 4. The number of carbonyl (C=O) groups is 1. The first kappa shape index (κ1) is 17.0. The lowest BCUT2D eigenvalue weighted by Gasteiger charge is -2.17. The van der Waals surface area contributed by atoms with Crippen molar-refractivity contribution in [3.8, 4) is 11.3 Å². The normalized spacial score (nSPS) is 20.8. The zero-order chi connectivity index (χ0) is 17.3. The lowest BCUT2D eigenvalue weighted by atomic mass is 10.2. The summed E-state index contributed by atoms with van der Waals surface area (Å²) >= 11 is 6.16. The van der Waals surface area contributed by atoms with Crippen LogP contribution in [0.3, 0.4) is 0 Å². The average molecular weight is 350 g/mol. The highest BCUT2D eigenvalue weighted by molar-refractivity contribution is 6.33. The monoisotopic (exact) mass is 349 g/mol. The Morgan fingerprint density at radius 2 is 2.04 bits per heavy atom. The zero-order valence-corrected chi connectivity index (χ0v) is 14.4. The summed E-state index contributed by atoms with van der Waals surface area (Å²) in [6.45, 7) is 4.39. The maximum atomic E-state index is 12.6. The van der Waals surface area contributed by atoms with Gasteiger partial charge in [-0.2, -0.15) is 0 Å². The molecule has 0 unspecified atom stereocenters. The van der Waals surface area contributed by atoms with Crippen LogP contribution in [0.2, 0.25) is 5.02 Å². The van der Waals surface area contributed by atoms with Crippen molar-refractivity contribution >= 4 is 17.5 Å². The molecule has 2 atom stereocenters. The number of hydrogen-bond donors (Lipinski definition) is 1. The molecule has 1 aliphatic rings. The van der Waals surface area contributed by atoms with Crippen molar-refractivity contribution in [1.29, 1.82) is 0 Å². The van der Waals surface area contributed by atoms with Crippen LogP contribution < -0.4 is 0 Å². The summed E-state index contributed by atoms with van der Waals surface area (Å²) in [6.07, 6.45) is -1.06. The molecule has 1 fully saturated rings. The number of ether oxygens (including phenoxy) is 1. The molecule has 0 bridgehead atoms. The number of likely N-dealkylation sites (tertiary alicyclic amines) is 1. The molecule has 1 aromatic heterocycles. The fourth-order valence-electron chi connectivity index (χ4n) is 2.82. The van der Waals surface area contributed by atoms with Crippen molar-refractivity contribution in [2.75, 3.05) is 13.1 Å². The number of halogens is 1. The summed E-state index contributed by atoms with van der Waals surface area (Å²) < 4.78 is 11.3. The zero-order valence-electron chi connectivity index (χ0n) is 13.6.